The van der Waals surface area contributed by atoms with Crippen LogP contribution in [0.4, 0.5) is 0 Å². The number of hydrogen-bond acceptors (Lipinski definition) is 5. The molecule has 7 heteroatoms. The zero-order valence-electron chi connectivity index (χ0n) is 18.5. The molecule has 0 aliphatic carbocycles. The first kappa shape index (κ1) is 23.3. The predicted octanol–water partition coefficient (Wildman–Crippen LogP) is 3.30. The van der Waals surface area contributed by atoms with Crippen LogP contribution in [0, 0.1) is 0 Å². The minimum atomic E-state index is -0.245. The zero-order chi connectivity index (χ0) is 21.1. The minimum Gasteiger partial charge on any atom is -0.490 e. The largest absolute Gasteiger partial charge is 0.490 e. The molecule has 0 aromatic heterocycles. The van der Waals surface area contributed by atoms with Crippen LogP contribution in [-0.4, -0.2) is 58.2 Å². The maximum Gasteiger partial charge on any atom is 0.191 e. The molecule has 2 rings (SSSR count). The van der Waals surface area contributed by atoms with Crippen molar-refractivity contribution in [3.05, 3.63) is 23.8 Å². The molecule has 1 aliphatic heterocycles. The molecule has 164 valence electrons. The monoisotopic (exact) mass is 407 g/mol. The Hall–Kier alpha value is -1.99. The third-order valence-electron chi connectivity index (χ3n) is 5.13. The Kier molecular flexibility index (Phi) is 9.54. The minimum absolute atomic E-state index is 0.0517. The fraction of sp³-hybridized carbons (Fsp3) is 0.682. The molecule has 0 saturated carbocycles. The van der Waals surface area contributed by atoms with Crippen LogP contribution in [0.25, 0.3) is 0 Å². The lowest BCUT2D eigenvalue weighted by molar-refractivity contribution is -0.0828. The molecule has 1 unspecified atom stereocenters. The number of benzene rings is 1. The molecule has 1 aliphatic rings. The molecule has 1 aromatic carbocycles. The van der Waals surface area contributed by atoms with Crippen molar-refractivity contribution in [3.63, 3.8) is 0 Å². The average molecular weight is 408 g/mol. The number of nitrogens with zero attached hydrogens (tertiary/aromatic N) is 1. The van der Waals surface area contributed by atoms with Crippen LogP contribution in [0.3, 0.4) is 0 Å². The van der Waals surface area contributed by atoms with E-state index >= 15 is 0 Å². The number of hydrogen-bond donors (Lipinski definition) is 2. The van der Waals surface area contributed by atoms with Crippen molar-refractivity contribution >= 4 is 5.96 Å². The first-order valence-electron chi connectivity index (χ1n) is 10.6. The first-order valence-corrected chi connectivity index (χ1v) is 10.6. The molecule has 1 aromatic rings. The van der Waals surface area contributed by atoms with Gasteiger partial charge in [-0.1, -0.05) is 6.07 Å². The quantitative estimate of drug-likeness (QED) is 0.458. The van der Waals surface area contributed by atoms with Crippen molar-refractivity contribution < 1.29 is 18.9 Å². The van der Waals surface area contributed by atoms with Gasteiger partial charge in [-0.2, -0.15) is 0 Å². The fourth-order valence-electron chi connectivity index (χ4n) is 3.34. The molecule has 0 amide bonds. The Morgan fingerprint density at radius 3 is 2.45 bits per heavy atom. The van der Waals surface area contributed by atoms with Gasteiger partial charge in [0.15, 0.2) is 17.5 Å². The summed E-state index contributed by atoms with van der Waals surface area (Å²) in [5, 5.41) is 6.82. The highest BCUT2D eigenvalue weighted by atomic mass is 16.5. The number of ether oxygens (including phenoxy) is 4. The number of aliphatic imine (C=N–C) groups is 1. The molecule has 29 heavy (non-hydrogen) atoms. The van der Waals surface area contributed by atoms with Gasteiger partial charge in [-0.3, -0.25) is 4.99 Å². The van der Waals surface area contributed by atoms with Gasteiger partial charge in [0.25, 0.3) is 0 Å². The van der Waals surface area contributed by atoms with Crippen LogP contribution in [0.15, 0.2) is 23.2 Å². The van der Waals surface area contributed by atoms with E-state index < -0.39 is 0 Å². The maximum atomic E-state index is 5.80. The summed E-state index contributed by atoms with van der Waals surface area (Å²) in [6.45, 7) is 12.1. The van der Waals surface area contributed by atoms with Gasteiger partial charge >= 0.3 is 0 Å². The van der Waals surface area contributed by atoms with E-state index in [0.717, 1.165) is 55.6 Å². The molecule has 1 heterocycles. The standard InChI is InChI=1S/C22H37N3O4/c1-6-23-21(24-16-22(26-5)11-13-27-14-12-22)25-17(4)18-9-10-19(28-7-2)20(15-18)29-8-3/h9-10,15,17H,6-8,11-14,16H2,1-5H3,(H2,23,24,25). The molecule has 1 atom stereocenters. The Bertz CT molecular complexity index is 645. The van der Waals surface area contributed by atoms with Crippen molar-refractivity contribution in [2.24, 2.45) is 4.99 Å². The van der Waals surface area contributed by atoms with Crippen LogP contribution < -0.4 is 20.1 Å². The predicted molar refractivity (Wildman–Crippen MR) is 116 cm³/mol. The maximum absolute atomic E-state index is 5.80. The Labute approximate surface area is 175 Å². The van der Waals surface area contributed by atoms with E-state index in [9.17, 15) is 0 Å². The van der Waals surface area contributed by atoms with Crippen molar-refractivity contribution in [3.8, 4) is 11.5 Å². The summed E-state index contributed by atoms with van der Waals surface area (Å²) in [5.74, 6) is 2.31. The summed E-state index contributed by atoms with van der Waals surface area (Å²) in [5.41, 5.74) is 0.862. The Morgan fingerprint density at radius 2 is 1.83 bits per heavy atom. The van der Waals surface area contributed by atoms with E-state index in [2.05, 4.69) is 30.5 Å². The lowest BCUT2D eigenvalue weighted by atomic mass is 9.94. The van der Waals surface area contributed by atoms with Gasteiger partial charge in [-0.05, 0) is 45.4 Å². The van der Waals surface area contributed by atoms with E-state index in [1.54, 1.807) is 7.11 Å². The van der Waals surface area contributed by atoms with E-state index in [-0.39, 0.29) is 11.6 Å². The molecule has 2 N–H and O–H groups in total. The van der Waals surface area contributed by atoms with Crippen molar-refractivity contribution in [1.82, 2.24) is 10.6 Å². The molecule has 0 radical (unpaired) electrons. The Morgan fingerprint density at radius 1 is 1.14 bits per heavy atom. The van der Waals surface area contributed by atoms with Gasteiger partial charge in [0.1, 0.15) is 0 Å². The van der Waals surface area contributed by atoms with Crippen LogP contribution >= 0.6 is 0 Å². The van der Waals surface area contributed by atoms with Crippen molar-refractivity contribution in [2.75, 3.05) is 46.6 Å². The topological polar surface area (TPSA) is 73.3 Å². The van der Waals surface area contributed by atoms with Gasteiger partial charge in [-0.25, -0.2) is 0 Å². The second-order valence-electron chi connectivity index (χ2n) is 7.13. The highest BCUT2D eigenvalue weighted by Gasteiger charge is 2.32. The first-order chi connectivity index (χ1) is 14.1. The second-order valence-corrected chi connectivity index (χ2v) is 7.13. The lowest BCUT2D eigenvalue weighted by Gasteiger charge is -2.34. The summed E-state index contributed by atoms with van der Waals surface area (Å²) in [4.78, 5) is 4.81. The molecule has 0 spiro atoms. The van der Waals surface area contributed by atoms with E-state index in [0.29, 0.717) is 19.8 Å². The van der Waals surface area contributed by atoms with Gasteiger partial charge < -0.3 is 29.6 Å². The molecule has 1 saturated heterocycles. The smallest absolute Gasteiger partial charge is 0.191 e. The third kappa shape index (κ3) is 6.78. The molecule has 1 fully saturated rings. The van der Waals surface area contributed by atoms with E-state index in [4.69, 9.17) is 23.9 Å². The fourth-order valence-corrected chi connectivity index (χ4v) is 3.34. The van der Waals surface area contributed by atoms with E-state index in [1.807, 2.05) is 26.0 Å². The van der Waals surface area contributed by atoms with Crippen molar-refractivity contribution in [1.29, 1.82) is 0 Å². The molecule has 0 bridgehead atoms. The van der Waals surface area contributed by atoms with Crippen LogP contribution in [0.5, 0.6) is 11.5 Å². The summed E-state index contributed by atoms with van der Waals surface area (Å²) in [6.07, 6.45) is 1.72. The third-order valence-corrected chi connectivity index (χ3v) is 5.13. The lowest BCUT2D eigenvalue weighted by Crippen LogP contribution is -2.44. The second kappa shape index (κ2) is 11.9. The summed E-state index contributed by atoms with van der Waals surface area (Å²) >= 11 is 0. The Balaban J connectivity index is 2.11. The van der Waals surface area contributed by atoms with Crippen LogP contribution in [-0.2, 0) is 9.47 Å². The molecule has 7 nitrogen and oxygen atoms in total. The van der Waals surface area contributed by atoms with Crippen LogP contribution in [0.1, 0.15) is 52.1 Å². The van der Waals surface area contributed by atoms with Gasteiger partial charge in [0.2, 0.25) is 0 Å². The average Bonchev–Trinajstić information content (AvgIpc) is 2.74. The van der Waals surface area contributed by atoms with Crippen LogP contribution in [0.2, 0.25) is 0 Å². The highest BCUT2D eigenvalue weighted by molar-refractivity contribution is 5.80. The van der Waals surface area contributed by atoms with Gasteiger partial charge in [-0.15, -0.1) is 0 Å². The molecular weight excluding hydrogens is 370 g/mol. The normalized spacial score (nSPS) is 17.5. The summed E-state index contributed by atoms with van der Waals surface area (Å²) in [6, 6.07) is 6.11. The van der Waals surface area contributed by atoms with E-state index in [1.165, 1.54) is 0 Å². The van der Waals surface area contributed by atoms with Gasteiger partial charge in [0.05, 0.1) is 31.4 Å². The summed E-state index contributed by atoms with van der Waals surface area (Å²) in [7, 11) is 1.76. The van der Waals surface area contributed by atoms with Gasteiger partial charge in [0, 0.05) is 39.7 Å². The summed E-state index contributed by atoms with van der Waals surface area (Å²) < 4.78 is 22.7. The molecular formula is C22H37N3O4. The zero-order valence-corrected chi connectivity index (χ0v) is 18.5. The van der Waals surface area contributed by atoms with Crippen molar-refractivity contribution in [2.45, 2.75) is 52.2 Å². The number of guanidine groups is 1. The number of methoxy groups -OCH3 is 1. The SMILES string of the molecule is CCNC(=NCC1(OC)CCOCC1)NC(C)c1ccc(OCC)c(OCC)c1. The number of rotatable bonds is 10. The highest BCUT2D eigenvalue weighted by Crippen LogP contribution is 2.31. The number of nitrogens with one attached hydrogen (secondary N) is 2.